The van der Waals surface area contributed by atoms with Gasteiger partial charge in [0, 0.05) is 17.4 Å². The van der Waals surface area contributed by atoms with Crippen molar-refractivity contribution in [3.05, 3.63) is 41.6 Å². The Morgan fingerprint density at radius 3 is 2.93 bits per heavy atom. The predicted octanol–water partition coefficient (Wildman–Crippen LogP) is 1.77. The summed E-state index contributed by atoms with van der Waals surface area (Å²) in [5.41, 5.74) is 8.06. The van der Waals surface area contributed by atoms with Gasteiger partial charge in [0.15, 0.2) is 0 Å². The van der Waals surface area contributed by atoms with Crippen molar-refractivity contribution in [2.75, 3.05) is 0 Å². The number of carbonyl (C=O) groups is 1. The van der Waals surface area contributed by atoms with Crippen molar-refractivity contribution < 1.29 is 4.79 Å². The van der Waals surface area contributed by atoms with E-state index in [1.54, 1.807) is 0 Å². The maximum atomic E-state index is 11.4. The minimum Gasteiger partial charge on any atom is -0.366 e. The van der Waals surface area contributed by atoms with Crippen molar-refractivity contribution in [2.24, 2.45) is 5.73 Å². The van der Waals surface area contributed by atoms with Crippen molar-refractivity contribution >= 4 is 22.9 Å². The summed E-state index contributed by atoms with van der Waals surface area (Å²) in [6, 6.07) is 7.85. The van der Waals surface area contributed by atoms with Gasteiger partial charge >= 0.3 is 0 Å². The normalized spacial score (nSPS) is 13.3. The van der Waals surface area contributed by atoms with Crippen LogP contribution in [-0.4, -0.2) is 10.5 Å². The number of fused-ring (bicyclic) bond motifs is 3. The van der Waals surface area contributed by atoms with E-state index in [-0.39, 0.29) is 5.91 Å². The molecular weight excluding hydrogens is 188 g/mol. The van der Waals surface area contributed by atoms with Gasteiger partial charge in [-0.25, -0.2) is 0 Å². The van der Waals surface area contributed by atoms with E-state index in [9.17, 15) is 4.79 Å². The third kappa shape index (κ3) is 0.973. The first-order valence-electron chi connectivity index (χ1n) is 4.86. The lowest BCUT2D eigenvalue weighted by atomic mass is 10.1. The Kier molecular flexibility index (Phi) is 1.51. The molecule has 0 saturated heterocycles. The van der Waals surface area contributed by atoms with Gasteiger partial charge in [-0.05, 0) is 12.1 Å². The molecular formula is C12H10N2O. The molecule has 2 heterocycles. The first-order chi connectivity index (χ1) is 7.29. The molecule has 15 heavy (non-hydrogen) atoms. The third-order valence-electron chi connectivity index (χ3n) is 2.82. The van der Waals surface area contributed by atoms with Gasteiger partial charge in [0.2, 0.25) is 0 Å². The second-order valence-electron chi connectivity index (χ2n) is 3.65. The molecule has 0 saturated carbocycles. The van der Waals surface area contributed by atoms with E-state index in [1.165, 1.54) is 0 Å². The van der Waals surface area contributed by atoms with Gasteiger partial charge in [-0.15, -0.1) is 0 Å². The molecule has 1 amide bonds. The monoisotopic (exact) mass is 198 g/mol. The van der Waals surface area contributed by atoms with Gasteiger partial charge in [-0.3, -0.25) is 4.79 Å². The minimum atomic E-state index is -0.355. The van der Waals surface area contributed by atoms with E-state index in [1.807, 2.05) is 36.4 Å². The average Bonchev–Trinajstić information content (AvgIpc) is 2.75. The lowest BCUT2D eigenvalue weighted by molar-refractivity contribution is 0.100. The number of carbonyl (C=O) groups excluding carboxylic acids is 1. The molecule has 0 fully saturated rings. The summed E-state index contributed by atoms with van der Waals surface area (Å²) in [5.74, 6) is -0.355. The highest BCUT2D eigenvalue weighted by molar-refractivity contribution is 6.09. The van der Waals surface area contributed by atoms with E-state index >= 15 is 0 Å². The molecule has 0 aliphatic carbocycles. The fourth-order valence-electron chi connectivity index (χ4n) is 2.22. The quantitative estimate of drug-likeness (QED) is 0.745. The van der Waals surface area contributed by atoms with Gasteiger partial charge in [0.05, 0.1) is 11.3 Å². The lowest BCUT2D eigenvalue weighted by Gasteiger charge is -1.98. The number of allylic oxidation sites excluding steroid dienone is 1. The molecule has 3 nitrogen and oxygen atoms in total. The Morgan fingerprint density at radius 2 is 2.13 bits per heavy atom. The van der Waals surface area contributed by atoms with Crippen LogP contribution in [-0.2, 0) is 6.54 Å². The van der Waals surface area contributed by atoms with E-state index in [0.29, 0.717) is 5.56 Å². The van der Waals surface area contributed by atoms with Crippen LogP contribution in [0.4, 0.5) is 0 Å². The number of amides is 1. The van der Waals surface area contributed by atoms with Crippen LogP contribution in [0.25, 0.3) is 17.0 Å². The van der Waals surface area contributed by atoms with Gasteiger partial charge < -0.3 is 10.3 Å². The van der Waals surface area contributed by atoms with E-state index in [2.05, 4.69) is 4.57 Å². The summed E-state index contributed by atoms with van der Waals surface area (Å²) in [6.07, 6.45) is 3.99. The smallest absolute Gasteiger partial charge is 0.251 e. The molecule has 1 aliphatic rings. The molecule has 0 bridgehead atoms. The number of nitrogens with two attached hydrogens (primary N) is 1. The molecule has 3 heteroatoms. The average molecular weight is 198 g/mol. The molecule has 0 spiro atoms. The second kappa shape index (κ2) is 2.73. The fourth-order valence-corrected chi connectivity index (χ4v) is 2.22. The van der Waals surface area contributed by atoms with Crippen LogP contribution < -0.4 is 5.73 Å². The summed E-state index contributed by atoms with van der Waals surface area (Å²) >= 11 is 0. The summed E-state index contributed by atoms with van der Waals surface area (Å²) in [6.45, 7) is 0.823. The number of benzene rings is 1. The van der Waals surface area contributed by atoms with Crippen LogP contribution in [0.1, 0.15) is 16.1 Å². The highest BCUT2D eigenvalue weighted by atomic mass is 16.1. The lowest BCUT2D eigenvalue weighted by Crippen LogP contribution is -2.11. The number of rotatable bonds is 1. The van der Waals surface area contributed by atoms with Crippen LogP contribution in [0.15, 0.2) is 30.3 Å². The Morgan fingerprint density at radius 1 is 1.33 bits per heavy atom. The topological polar surface area (TPSA) is 48.0 Å². The minimum absolute atomic E-state index is 0.355. The Bertz CT molecular complexity index is 593. The first kappa shape index (κ1) is 8.29. The van der Waals surface area contributed by atoms with Crippen molar-refractivity contribution in [1.82, 2.24) is 4.57 Å². The molecule has 1 aliphatic heterocycles. The largest absolute Gasteiger partial charge is 0.366 e. The van der Waals surface area contributed by atoms with Crippen LogP contribution in [0, 0.1) is 0 Å². The number of para-hydroxylation sites is 1. The SMILES string of the molecule is NC(=O)c1c2n(c3ccccc13)CC=C2. The zero-order valence-electron chi connectivity index (χ0n) is 8.10. The molecule has 0 atom stereocenters. The van der Waals surface area contributed by atoms with E-state index in [0.717, 1.165) is 23.1 Å². The zero-order valence-corrected chi connectivity index (χ0v) is 8.10. The summed E-state index contributed by atoms with van der Waals surface area (Å²) in [7, 11) is 0. The molecule has 2 aromatic rings. The van der Waals surface area contributed by atoms with Gasteiger partial charge in [0.1, 0.15) is 0 Å². The molecule has 74 valence electrons. The number of primary amides is 1. The van der Waals surface area contributed by atoms with E-state index in [4.69, 9.17) is 5.73 Å². The molecule has 2 N–H and O–H groups in total. The molecule has 0 unspecified atom stereocenters. The van der Waals surface area contributed by atoms with Gasteiger partial charge in [-0.1, -0.05) is 24.3 Å². The summed E-state index contributed by atoms with van der Waals surface area (Å²) in [5, 5.41) is 0.948. The Labute approximate surface area is 86.8 Å². The van der Waals surface area contributed by atoms with Crippen molar-refractivity contribution in [2.45, 2.75) is 6.54 Å². The highest BCUT2D eigenvalue weighted by Crippen LogP contribution is 2.29. The zero-order chi connectivity index (χ0) is 10.4. The van der Waals surface area contributed by atoms with Gasteiger partial charge in [0.25, 0.3) is 5.91 Å². The summed E-state index contributed by atoms with van der Waals surface area (Å²) < 4.78 is 2.11. The molecule has 1 aromatic heterocycles. The van der Waals surface area contributed by atoms with Gasteiger partial charge in [-0.2, -0.15) is 0 Å². The second-order valence-corrected chi connectivity index (χ2v) is 3.65. The number of hydrogen-bond donors (Lipinski definition) is 1. The van der Waals surface area contributed by atoms with E-state index < -0.39 is 0 Å². The van der Waals surface area contributed by atoms with Crippen LogP contribution in [0.5, 0.6) is 0 Å². The third-order valence-corrected chi connectivity index (χ3v) is 2.82. The standard InChI is InChI=1S/C12H10N2O/c13-12(15)11-8-4-1-2-5-9(8)14-7-3-6-10(11)14/h1-6H,7H2,(H2,13,15). The maximum absolute atomic E-state index is 11.4. The predicted molar refractivity (Wildman–Crippen MR) is 59.5 cm³/mol. The maximum Gasteiger partial charge on any atom is 0.251 e. The van der Waals surface area contributed by atoms with Crippen molar-refractivity contribution in [3.63, 3.8) is 0 Å². The number of hydrogen-bond acceptors (Lipinski definition) is 1. The molecule has 1 aromatic carbocycles. The number of aromatic nitrogens is 1. The Balaban J connectivity index is 2.50. The molecule has 3 rings (SSSR count). The van der Waals surface area contributed by atoms with Crippen LogP contribution in [0.2, 0.25) is 0 Å². The first-order valence-corrected chi connectivity index (χ1v) is 4.86. The van der Waals surface area contributed by atoms with Crippen molar-refractivity contribution in [1.29, 1.82) is 0 Å². The van der Waals surface area contributed by atoms with Crippen LogP contribution in [0.3, 0.4) is 0 Å². The highest BCUT2D eigenvalue weighted by Gasteiger charge is 2.20. The fraction of sp³-hybridized carbons (Fsp3) is 0.0833. The summed E-state index contributed by atoms with van der Waals surface area (Å²) in [4.78, 5) is 11.4. The Hall–Kier alpha value is -2.03. The van der Waals surface area contributed by atoms with Crippen LogP contribution >= 0.6 is 0 Å². The van der Waals surface area contributed by atoms with Crippen molar-refractivity contribution in [3.8, 4) is 0 Å². The molecule has 0 radical (unpaired) electrons. The number of nitrogens with zero attached hydrogens (tertiary/aromatic N) is 1.